The Bertz CT molecular complexity index is 378. The van der Waals surface area contributed by atoms with Gasteiger partial charge in [0.2, 0.25) is 0 Å². The van der Waals surface area contributed by atoms with Gasteiger partial charge in [-0.05, 0) is 6.07 Å². The fraction of sp³-hybridized carbons (Fsp3) is 0.250. The molecule has 68 valence electrons. The van der Waals surface area contributed by atoms with E-state index in [4.69, 9.17) is 10.8 Å². The molecule has 0 aliphatic carbocycles. The summed E-state index contributed by atoms with van der Waals surface area (Å²) in [7, 11) is 0. The van der Waals surface area contributed by atoms with Crippen molar-refractivity contribution in [1.29, 1.82) is 0 Å². The predicted molar refractivity (Wildman–Crippen MR) is 47.9 cm³/mol. The number of aromatic amines is 1. The maximum absolute atomic E-state index is 8.81. The van der Waals surface area contributed by atoms with Crippen LogP contribution < -0.4 is 5.73 Å². The minimum Gasteiger partial charge on any atom is -0.394 e. The van der Waals surface area contributed by atoms with Crippen LogP contribution in [0.5, 0.6) is 0 Å². The van der Waals surface area contributed by atoms with Crippen LogP contribution in [0.4, 0.5) is 0 Å². The second-order valence-electron chi connectivity index (χ2n) is 2.80. The minimum atomic E-state index is -0.451. The van der Waals surface area contributed by atoms with Gasteiger partial charge in [-0.3, -0.25) is 4.98 Å². The summed E-state index contributed by atoms with van der Waals surface area (Å²) in [5.74, 6) is 0.588. The summed E-state index contributed by atoms with van der Waals surface area (Å²) in [5, 5.41) is 8.81. The number of aliphatic hydroxyl groups excluding tert-OH is 1. The summed E-state index contributed by atoms with van der Waals surface area (Å²) < 4.78 is 0. The molecule has 5 heteroatoms. The number of pyridine rings is 1. The molecule has 0 bridgehead atoms. The number of nitrogens with two attached hydrogens (primary N) is 1. The van der Waals surface area contributed by atoms with Gasteiger partial charge in [-0.15, -0.1) is 0 Å². The first-order chi connectivity index (χ1) is 6.31. The third kappa shape index (κ3) is 1.39. The van der Waals surface area contributed by atoms with Crippen molar-refractivity contribution in [2.24, 2.45) is 5.73 Å². The quantitative estimate of drug-likeness (QED) is 0.601. The number of aromatic nitrogens is 3. The van der Waals surface area contributed by atoms with E-state index < -0.39 is 6.04 Å². The minimum absolute atomic E-state index is 0.118. The molecule has 5 nitrogen and oxygen atoms in total. The van der Waals surface area contributed by atoms with Crippen molar-refractivity contribution >= 4 is 11.0 Å². The Labute approximate surface area is 74.6 Å². The zero-order valence-electron chi connectivity index (χ0n) is 6.94. The van der Waals surface area contributed by atoms with Crippen molar-refractivity contribution in [3.05, 3.63) is 24.3 Å². The lowest BCUT2D eigenvalue weighted by Gasteiger charge is -2.01. The lowest BCUT2D eigenvalue weighted by molar-refractivity contribution is 0.264. The summed E-state index contributed by atoms with van der Waals surface area (Å²) in [6.07, 6.45) is 3.34. The van der Waals surface area contributed by atoms with Gasteiger partial charge in [-0.2, -0.15) is 0 Å². The van der Waals surface area contributed by atoms with Crippen LogP contribution >= 0.6 is 0 Å². The van der Waals surface area contributed by atoms with E-state index in [-0.39, 0.29) is 6.61 Å². The second-order valence-corrected chi connectivity index (χ2v) is 2.80. The molecule has 13 heavy (non-hydrogen) atoms. The van der Waals surface area contributed by atoms with Crippen molar-refractivity contribution in [2.75, 3.05) is 6.61 Å². The molecule has 0 saturated carbocycles. The van der Waals surface area contributed by atoms with E-state index in [1.165, 1.54) is 0 Å². The maximum Gasteiger partial charge on any atom is 0.126 e. The van der Waals surface area contributed by atoms with Gasteiger partial charge < -0.3 is 15.8 Å². The number of rotatable bonds is 2. The zero-order valence-corrected chi connectivity index (χ0v) is 6.94. The number of nitrogens with one attached hydrogen (secondary N) is 1. The Morgan fingerprint density at radius 2 is 2.46 bits per heavy atom. The Hall–Kier alpha value is -1.46. The average Bonchev–Trinajstić information content (AvgIpc) is 2.59. The van der Waals surface area contributed by atoms with Crippen molar-refractivity contribution in [2.45, 2.75) is 6.04 Å². The molecule has 0 saturated heterocycles. The van der Waals surface area contributed by atoms with Crippen LogP contribution in [0.1, 0.15) is 11.9 Å². The molecule has 4 N–H and O–H groups in total. The number of hydrogen-bond donors (Lipinski definition) is 3. The molecule has 2 aromatic heterocycles. The van der Waals surface area contributed by atoms with Crippen LogP contribution in [0.25, 0.3) is 11.0 Å². The molecule has 0 amide bonds. The number of aliphatic hydroxyl groups is 1. The van der Waals surface area contributed by atoms with E-state index in [2.05, 4.69) is 15.0 Å². The summed E-state index contributed by atoms with van der Waals surface area (Å²) in [5.41, 5.74) is 7.24. The Morgan fingerprint density at radius 3 is 3.15 bits per heavy atom. The number of H-pyrrole nitrogens is 1. The molecule has 1 atom stereocenters. The van der Waals surface area contributed by atoms with Crippen LogP contribution in [0.3, 0.4) is 0 Å². The summed E-state index contributed by atoms with van der Waals surface area (Å²) in [6, 6.07) is 1.34. The SMILES string of the molecule is NC(CO)c1nc2ccncc2[nH]1. The number of imidazole rings is 1. The molecule has 2 heterocycles. The van der Waals surface area contributed by atoms with Crippen LogP contribution in [0.2, 0.25) is 0 Å². The number of fused-ring (bicyclic) bond motifs is 1. The summed E-state index contributed by atoms with van der Waals surface area (Å²) in [4.78, 5) is 11.1. The van der Waals surface area contributed by atoms with Gasteiger partial charge in [-0.25, -0.2) is 4.98 Å². The first-order valence-corrected chi connectivity index (χ1v) is 3.97. The summed E-state index contributed by atoms with van der Waals surface area (Å²) >= 11 is 0. The third-order valence-corrected chi connectivity index (χ3v) is 1.85. The maximum atomic E-state index is 8.81. The average molecular weight is 178 g/mol. The monoisotopic (exact) mass is 178 g/mol. The van der Waals surface area contributed by atoms with Crippen molar-refractivity contribution in [1.82, 2.24) is 15.0 Å². The zero-order chi connectivity index (χ0) is 9.26. The van der Waals surface area contributed by atoms with Gasteiger partial charge in [0, 0.05) is 6.20 Å². The highest BCUT2D eigenvalue weighted by molar-refractivity contribution is 5.73. The number of hydrogen-bond acceptors (Lipinski definition) is 4. The van der Waals surface area contributed by atoms with E-state index in [9.17, 15) is 0 Å². The van der Waals surface area contributed by atoms with Crippen molar-refractivity contribution < 1.29 is 5.11 Å². The van der Waals surface area contributed by atoms with Gasteiger partial charge >= 0.3 is 0 Å². The highest BCUT2D eigenvalue weighted by Gasteiger charge is 2.09. The van der Waals surface area contributed by atoms with Gasteiger partial charge in [0.25, 0.3) is 0 Å². The third-order valence-electron chi connectivity index (χ3n) is 1.85. The molecular weight excluding hydrogens is 168 g/mol. The van der Waals surface area contributed by atoms with Gasteiger partial charge in [0.05, 0.1) is 29.9 Å². The Morgan fingerprint density at radius 1 is 1.62 bits per heavy atom. The molecule has 2 rings (SSSR count). The van der Waals surface area contributed by atoms with Crippen LogP contribution in [-0.4, -0.2) is 26.7 Å². The van der Waals surface area contributed by atoms with Crippen LogP contribution in [-0.2, 0) is 0 Å². The standard InChI is InChI=1S/C8H10N4O/c9-5(4-13)8-11-6-1-2-10-3-7(6)12-8/h1-3,5,13H,4,9H2,(H,11,12). The molecule has 0 radical (unpaired) electrons. The van der Waals surface area contributed by atoms with Gasteiger partial charge in [-0.1, -0.05) is 0 Å². The van der Waals surface area contributed by atoms with Crippen molar-refractivity contribution in [3.63, 3.8) is 0 Å². The second kappa shape index (κ2) is 3.12. The molecule has 1 unspecified atom stereocenters. The largest absolute Gasteiger partial charge is 0.394 e. The Kier molecular flexibility index (Phi) is 1.96. The first-order valence-electron chi connectivity index (χ1n) is 3.97. The lowest BCUT2D eigenvalue weighted by Crippen LogP contribution is -2.15. The molecule has 0 spiro atoms. The summed E-state index contributed by atoms with van der Waals surface area (Å²) in [6.45, 7) is -0.118. The van der Waals surface area contributed by atoms with Gasteiger partial charge in [0.1, 0.15) is 5.82 Å². The molecular formula is C8H10N4O. The molecule has 0 aliphatic rings. The topological polar surface area (TPSA) is 87.8 Å². The van der Waals surface area contributed by atoms with Crippen LogP contribution in [0.15, 0.2) is 18.5 Å². The van der Waals surface area contributed by atoms with E-state index in [1.807, 2.05) is 0 Å². The molecule has 0 aromatic carbocycles. The first kappa shape index (κ1) is 8.15. The van der Waals surface area contributed by atoms with E-state index >= 15 is 0 Å². The fourth-order valence-electron chi connectivity index (χ4n) is 1.14. The fourth-order valence-corrected chi connectivity index (χ4v) is 1.14. The molecule has 2 aromatic rings. The smallest absolute Gasteiger partial charge is 0.126 e. The highest BCUT2D eigenvalue weighted by atomic mass is 16.3. The van der Waals surface area contributed by atoms with Crippen molar-refractivity contribution in [3.8, 4) is 0 Å². The Balaban J connectivity index is 2.49. The molecule has 0 aliphatic heterocycles. The highest BCUT2D eigenvalue weighted by Crippen LogP contribution is 2.12. The molecule has 0 fully saturated rings. The predicted octanol–water partition coefficient (Wildman–Crippen LogP) is -0.0500. The van der Waals surface area contributed by atoms with Gasteiger partial charge in [0.15, 0.2) is 0 Å². The van der Waals surface area contributed by atoms with E-state index in [0.717, 1.165) is 11.0 Å². The normalized spacial score (nSPS) is 13.4. The van der Waals surface area contributed by atoms with E-state index in [0.29, 0.717) is 5.82 Å². The lowest BCUT2D eigenvalue weighted by atomic mass is 10.3. The van der Waals surface area contributed by atoms with Crippen LogP contribution in [0, 0.1) is 0 Å². The van der Waals surface area contributed by atoms with E-state index in [1.54, 1.807) is 18.5 Å². The number of nitrogens with zero attached hydrogens (tertiary/aromatic N) is 2.